The first kappa shape index (κ1) is 14.6. The van der Waals surface area contributed by atoms with Gasteiger partial charge in [0, 0.05) is 0 Å². The van der Waals surface area contributed by atoms with Gasteiger partial charge in [-0.15, -0.1) is 0 Å². The van der Waals surface area contributed by atoms with Crippen molar-refractivity contribution < 1.29 is 22.6 Å². The van der Waals surface area contributed by atoms with E-state index in [1.807, 2.05) is 0 Å². The van der Waals surface area contributed by atoms with Crippen molar-refractivity contribution in [3.8, 4) is 11.5 Å². The van der Waals surface area contributed by atoms with Gasteiger partial charge in [0.15, 0.2) is 11.5 Å². The quantitative estimate of drug-likeness (QED) is 0.888. The SMILES string of the molecule is CCC(N)C(Oc1ccccc1OC)C(F)(F)F. The molecular weight excluding hydrogens is 247 g/mol. The van der Waals surface area contributed by atoms with Crippen molar-refractivity contribution in [2.24, 2.45) is 5.73 Å². The fraction of sp³-hybridized carbons (Fsp3) is 0.500. The monoisotopic (exact) mass is 263 g/mol. The number of methoxy groups -OCH3 is 1. The Morgan fingerprint density at radius 3 is 2.22 bits per heavy atom. The molecular formula is C12H16F3NO2. The lowest BCUT2D eigenvalue weighted by Gasteiger charge is -2.26. The number of nitrogens with two attached hydrogens (primary N) is 1. The van der Waals surface area contributed by atoms with E-state index in [-0.39, 0.29) is 17.9 Å². The Morgan fingerprint density at radius 2 is 1.78 bits per heavy atom. The van der Waals surface area contributed by atoms with Crippen LogP contribution in [-0.4, -0.2) is 25.4 Å². The van der Waals surface area contributed by atoms with Gasteiger partial charge in [-0.25, -0.2) is 0 Å². The number of halogens is 3. The zero-order chi connectivity index (χ0) is 13.8. The molecule has 0 aliphatic carbocycles. The fourth-order valence-electron chi connectivity index (χ4n) is 1.46. The standard InChI is InChI=1S/C12H16F3NO2/c1-3-8(16)11(12(13,14)15)18-10-7-5-4-6-9(10)17-2/h4-8,11H,3,16H2,1-2H3. The molecule has 1 rings (SSSR count). The summed E-state index contributed by atoms with van der Waals surface area (Å²) in [6.07, 6.45) is -6.39. The van der Waals surface area contributed by atoms with Crippen molar-refractivity contribution in [1.29, 1.82) is 0 Å². The Balaban J connectivity index is 2.96. The van der Waals surface area contributed by atoms with Crippen LogP contribution in [0.5, 0.6) is 11.5 Å². The molecule has 1 aromatic carbocycles. The molecule has 6 heteroatoms. The van der Waals surface area contributed by atoms with E-state index in [0.717, 1.165) is 0 Å². The number of hydrogen-bond donors (Lipinski definition) is 1. The summed E-state index contributed by atoms with van der Waals surface area (Å²) in [5.41, 5.74) is 5.46. The Bertz CT molecular complexity index is 382. The summed E-state index contributed by atoms with van der Waals surface area (Å²) < 4.78 is 48.4. The van der Waals surface area contributed by atoms with Gasteiger partial charge in [0.25, 0.3) is 0 Å². The molecule has 0 amide bonds. The van der Waals surface area contributed by atoms with Crippen LogP contribution >= 0.6 is 0 Å². The molecule has 0 fully saturated rings. The first-order chi connectivity index (χ1) is 8.40. The van der Waals surface area contributed by atoms with Crippen LogP contribution in [0.4, 0.5) is 13.2 Å². The molecule has 2 atom stereocenters. The molecule has 2 N–H and O–H groups in total. The lowest BCUT2D eigenvalue weighted by atomic mass is 10.1. The molecule has 0 bridgehead atoms. The molecule has 0 spiro atoms. The van der Waals surface area contributed by atoms with Crippen LogP contribution in [0.25, 0.3) is 0 Å². The number of hydrogen-bond acceptors (Lipinski definition) is 3. The van der Waals surface area contributed by atoms with E-state index < -0.39 is 18.3 Å². The maximum absolute atomic E-state index is 12.8. The zero-order valence-corrected chi connectivity index (χ0v) is 10.2. The highest BCUT2D eigenvalue weighted by Gasteiger charge is 2.45. The summed E-state index contributed by atoms with van der Waals surface area (Å²) in [6.45, 7) is 1.58. The maximum atomic E-state index is 12.8. The van der Waals surface area contributed by atoms with Gasteiger partial charge >= 0.3 is 6.18 Å². The highest BCUT2D eigenvalue weighted by molar-refractivity contribution is 5.39. The maximum Gasteiger partial charge on any atom is 0.426 e. The van der Waals surface area contributed by atoms with Gasteiger partial charge in [-0.2, -0.15) is 13.2 Å². The summed E-state index contributed by atoms with van der Waals surface area (Å²) in [7, 11) is 1.37. The van der Waals surface area contributed by atoms with Gasteiger partial charge in [0.1, 0.15) is 0 Å². The van der Waals surface area contributed by atoms with Gasteiger partial charge in [-0.1, -0.05) is 19.1 Å². The Kier molecular flexibility index (Phi) is 4.84. The molecule has 1 aromatic rings. The van der Waals surface area contributed by atoms with E-state index in [1.54, 1.807) is 19.1 Å². The summed E-state index contributed by atoms with van der Waals surface area (Å²) in [5.74, 6) is 0.279. The van der Waals surface area contributed by atoms with Gasteiger partial charge in [-0.05, 0) is 18.6 Å². The fourth-order valence-corrected chi connectivity index (χ4v) is 1.46. The summed E-state index contributed by atoms with van der Waals surface area (Å²) in [5, 5.41) is 0. The van der Waals surface area contributed by atoms with E-state index in [0.29, 0.717) is 0 Å². The van der Waals surface area contributed by atoms with Crippen LogP contribution in [0.15, 0.2) is 24.3 Å². The van der Waals surface area contributed by atoms with Crippen LogP contribution in [-0.2, 0) is 0 Å². The average Bonchev–Trinajstić information content (AvgIpc) is 2.34. The normalized spacial score (nSPS) is 15.0. The van der Waals surface area contributed by atoms with E-state index in [1.165, 1.54) is 19.2 Å². The molecule has 0 aliphatic heterocycles. The third-order valence-corrected chi connectivity index (χ3v) is 2.51. The first-order valence-electron chi connectivity index (χ1n) is 5.52. The smallest absolute Gasteiger partial charge is 0.426 e. The lowest BCUT2D eigenvalue weighted by Crippen LogP contribution is -2.48. The molecule has 0 aromatic heterocycles. The minimum atomic E-state index is -4.52. The van der Waals surface area contributed by atoms with Crippen molar-refractivity contribution in [2.45, 2.75) is 31.7 Å². The molecule has 3 nitrogen and oxygen atoms in total. The number of alkyl halides is 3. The molecule has 0 saturated heterocycles. The largest absolute Gasteiger partial charge is 0.493 e. The van der Waals surface area contributed by atoms with Crippen molar-refractivity contribution >= 4 is 0 Å². The van der Waals surface area contributed by atoms with Crippen LogP contribution in [0.1, 0.15) is 13.3 Å². The average molecular weight is 263 g/mol. The van der Waals surface area contributed by atoms with Crippen molar-refractivity contribution in [3.05, 3.63) is 24.3 Å². The molecule has 0 aliphatic rings. The second kappa shape index (κ2) is 5.95. The predicted molar refractivity (Wildman–Crippen MR) is 61.7 cm³/mol. The highest BCUT2D eigenvalue weighted by Crippen LogP contribution is 2.32. The number of benzene rings is 1. The zero-order valence-electron chi connectivity index (χ0n) is 10.2. The Hall–Kier alpha value is -1.43. The summed E-state index contributed by atoms with van der Waals surface area (Å²) >= 11 is 0. The van der Waals surface area contributed by atoms with Gasteiger partial charge < -0.3 is 15.2 Å². The van der Waals surface area contributed by atoms with E-state index in [2.05, 4.69) is 0 Å². The van der Waals surface area contributed by atoms with Crippen LogP contribution in [0.3, 0.4) is 0 Å². The molecule has 18 heavy (non-hydrogen) atoms. The minimum Gasteiger partial charge on any atom is -0.493 e. The van der Waals surface area contributed by atoms with Gasteiger partial charge in [-0.3, -0.25) is 0 Å². The topological polar surface area (TPSA) is 44.5 Å². The van der Waals surface area contributed by atoms with Crippen molar-refractivity contribution in [2.75, 3.05) is 7.11 Å². The summed E-state index contributed by atoms with van der Waals surface area (Å²) in [4.78, 5) is 0. The molecule has 2 unspecified atom stereocenters. The van der Waals surface area contributed by atoms with E-state index in [9.17, 15) is 13.2 Å². The van der Waals surface area contributed by atoms with Crippen LogP contribution in [0, 0.1) is 0 Å². The minimum absolute atomic E-state index is 0.0335. The predicted octanol–water partition coefficient (Wildman–Crippen LogP) is 2.74. The molecule has 0 radical (unpaired) electrons. The Morgan fingerprint density at radius 1 is 1.22 bits per heavy atom. The van der Waals surface area contributed by atoms with Gasteiger partial charge in [0.05, 0.1) is 13.2 Å². The van der Waals surface area contributed by atoms with E-state index in [4.69, 9.17) is 15.2 Å². The van der Waals surface area contributed by atoms with Crippen LogP contribution < -0.4 is 15.2 Å². The highest BCUT2D eigenvalue weighted by atomic mass is 19.4. The van der Waals surface area contributed by atoms with Crippen LogP contribution in [0.2, 0.25) is 0 Å². The van der Waals surface area contributed by atoms with Gasteiger partial charge in [0.2, 0.25) is 6.10 Å². The van der Waals surface area contributed by atoms with Crippen molar-refractivity contribution in [3.63, 3.8) is 0 Å². The number of ether oxygens (including phenoxy) is 2. The lowest BCUT2D eigenvalue weighted by molar-refractivity contribution is -0.201. The van der Waals surface area contributed by atoms with E-state index >= 15 is 0 Å². The summed E-state index contributed by atoms with van der Waals surface area (Å²) in [6, 6.07) is 5.05. The number of para-hydroxylation sites is 2. The second-order valence-corrected chi connectivity index (χ2v) is 3.80. The first-order valence-corrected chi connectivity index (χ1v) is 5.52. The second-order valence-electron chi connectivity index (χ2n) is 3.80. The third-order valence-electron chi connectivity index (χ3n) is 2.51. The number of rotatable bonds is 5. The third kappa shape index (κ3) is 3.53. The Labute approximate surface area is 104 Å². The molecule has 102 valence electrons. The molecule has 0 heterocycles. The van der Waals surface area contributed by atoms with Crippen molar-refractivity contribution in [1.82, 2.24) is 0 Å². The molecule has 0 saturated carbocycles.